The molecule has 6 heteroatoms. The van der Waals surface area contributed by atoms with Gasteiger partial charge in [0, 0.05) is 11.4 Å². The zero-order valence-electron chi connectivity index (χ0n) is 17.2. The summed E-state index contributed by atoms with van der Waals surface area (Å²) in [6.07, 6.45) is 0. The van der Waals surface area contributed by atoms with E-state index in [-0.39, 0.29) is 17.8 Å². The molecule has 31 heavy (non-hydrogen) atoms. The Balaban J connectivity index is 1.65. The molecule has 0 radical (unpaired) electrons. The number of aromatic nitrogens is 2. The average molecular weight is 412 g/mol. The monoisotopic (exact) mass is 412 g/mol. The Morgan fingerprint density at radius 2 is 1.71 bits per heavy atom. The fraction of sp³-hybridized carbons (Fsp3) is 0.120. The highest BCUT2D eigenvalue weighted by atomic mass is 19.1. The highest BCUT2D eigenvalue weighted by Gasteiger charge is 2.34. The van der Waals surface area contributed by atoms with Gasteiger partial charge in [-0.15, -0.1) is 0 Å². The van der Waals surface area contributed by atoms with Gasteiger partial charge in [0.1, 0.15) is 5.82 Å². The van der Waals surface area contributed by atoms with Crippen LogP contribution < -0.4 is 10.6 Å². The molecule has 1 aliphatic rings. The van der Waals surface area contributed by atoms with Crippen LogP contribution in [0.1, 0.15) is 24.1 Å². The standard InChI is InChI=1S/C25H21FN4O/c1-15-7-9-17(10-8-15)23-22(24(31)28-19-13-11-18(26)12-14-19)16(2)27-25-29-20-5-3-4-6-21(20)30(23)25/h3-14,23H,1-2H3,(H,27,29)(H,28,31). The molecule has 1 amide bonds. The molecule has 2 heterocycles. The second-order valence-corrected chi connectivity index (χ2v) is 7.73. The Hall–Kier alpha value is -3.93. The second-order valence-electron chi connectivity index (χ2n) is 7.73. The molecule has 0 saturated carbocycles. The van der Waals surface area contributed by atoms with E-state index in [1.165, 1.54) is 12.1 Å². The Kier molecular flexibility index (Phi) is 4.55. The summed E-state index contributed by atoms with van der Waals surface area (Å²) in [7, 11) is 0. The first-order valence-electron chi connectivity index (χ1n) is 10.1. The van der Waals surface area contributed by atoms with Crippen LogP contribution in [0, 0.1) is 12.7 Å². The summed E-state index contributed by atoms with van der Waals surface area (Å²) >= 11 is 0. The fourth-order valence-electron chi connectivity index (χ4n) is 4.05. The van der Waals surface area contributed by atoms with Crippen LogP contribution in [0.4, 0.5) is 16.0 Å². The van der Waals surface area contributed by atoms with Crippen molar-refractivity contribution >= 4 is 28.6 Å². The fourth-order valence-corrected chi connectivity index (χ4v) is 4.05. The van der Waals surface area contributed by atoms with Crippen LogP contribution in [-0.2, 0) is 4.79 Å². The molecule has 0 bridgehead atoms. The Morgan fingerprint density at radius 3 is 2.45 bits per heavy atom. The van der Waals surface area contributed by atoms with E-state index in [2.05, 4.69) is 15.2 Å². The van der Waals surface area contributed by atoms with Crippen molar-refractivity contribution in [2.75, 3.05) is 10.6 Å². The Labute approximate surface area is 179 Å². The predicted octanol–water partition coefficient (Wildman–Crippen LogP) is 5.41. The zero-order valence-corrected chi connectivity index (χ0v) is 17.2. The topological polar surface area (TPSA) is 59.0 Å². The number of rotatable bonds is 3. The molecule has 0 fully saturated rings. The van der Waals surface area contributed by atoms with E-state index in [4.69, 9.17) is 4.98 Å². The molecule has 4 aromatic rings. The number of amides is 1. The van der Waals surface area contributed by atoms with Crippen molar-refractivity contribution in [3.63, 3.8) is 0 Å². The number of hydrogen-bond acceptors (Lipinski definition) is 3. The molecule has 3 aromatic carbocycles. The van der Waals surface area contributed by atoms with Crippen LogP contribution in [0.5, 0.6) is 0 Å². The van der Waals surface area contributed by atoms with Crippen LogP contribution in [-0.4, -0.2) is 15.5 Å². The molecular weight excluding hydrogens is 391 g/mol. The lowest BCUT2D eigenvalue weighted by Gasteiger charge is -2.30. The summed E-state index contributed by atoms with van der Waals surface area (Å²) in [6.45, 7) is 3.91. The smallest absolute Gasteiger partial charge is 0.255 e. The first-order chi connectivity index (χ1) is 15.0. The van der Waals surface area contributed by atoms with Gasteiger partial charge < -0.3 is 10.6 Å². The second kappa shape index (κ2) is 7.40. The lowest BCUT2D eigenvalue weighted by Crippen LogP contribution is -2.30. The van der Waals surface area contributed by atoms with Gasteiger partial charge in [-0.05, 0) is 55.8 Å². The quantitative estimate of drug-likeness (QED) is 0.473. The normalized spacial score (nSPS) is 15.5. The number of nitrogens with one attached hydrogen (secondary N) is 2. The maximum atomic E-state index is 13.4. The molecular formula is C25H21FN4O. The predicted molar refractivity (Wildman–Crippen MR) is 120 cm³/mol. The highest BCUT2D eigenvalue weighted by Crippen LogP contribution is 2.39. The third kappa shape index (κ3) is 3.36. The van der Waals surface area contributed by atoms with Gasteiger partial charge in [-0.25, -0.2) is 9.37 Å². The van der Waals surface area contributed by atoms with Crippen LogP contribution in [0.2, 0.25) is 0 Å². The van der Waals surface area contributed by atoms with Crippen LogP contribution >= 0.6 is 0 Å². The summed E-state index contributed by atoms with van der Waals surface area (Å²) in [5.74, 6) is 0.105. The van der Waals surface area contributed by atoms with E-state index in [0.29, 0.717) is 17.2 Å². The minimum Gasteiger partial charge on any atom is -0.329 e. The molecule has 1 aliphatic heterocycles. The Bertz CT molecular complexity index is 1320. The molecule has 0 saturated heterocycles. The van der Waals surface area contributed by atoms with Crippen LogP contribution in [0.15, 0.2) is 84.1 Å². The maximum Gasteiger partial charge on any atom is 0.255 e. The first-order valence-corrected chi connectivity index (χ1v) is 10.1. The number of nitrogens with zero attached hydrogens (tertiary/aromatic N) is 2. The number of para-hydroxylation sites is 2. The van der Waals surface area contributed by atoms with E-state index in [0.717, 1.165) is 27.9 Å². The lowest BCUT2D eigenvalue weighted by atomic mass is 9.93. The van der Waals surface area contributed by atoms with Crippen molar-refractivity contribution in [2.45, 2.75) is 19.9 Å². The van der Waals surface area contributed by atoms with Crippen LogP contribution in [0.25, 0.3) is 11.0 Å². The number of aryl methyl sites for hydroxylation is 1. The van der Waals surface area contributed by atoms with Gasteiger partial charge in [0.25, 0.3) is 5.91 Å². The minimum absolute atomic E-state index is 0.245. The summed E-state index contributed by atoms with van der Waals surface area (Å²) in [5.41, 5.74) is 5.78. The van der Waals surface area contributed by atoms with Crippen molar-refractivity contribution in [3.8, 4) is 0 Å². The van der Waals surface area contributed by atoms with Gasteiger partial charge in [-0.2, -0.15) is 0 Å². The molecule has 1 unspecified atom stereocenters. The van der Waals surface area contributed by atoms with Gasteiger partial charge in [0.2, 0.25) is 5.95 Å². The van der Waals surface area contributed by atoms with E-state index in [1.807, 2.05) is 62.4 Å². The summed E-state index contributed by atoms with van der Waals surface area (Å²) in [5, 5.41) is 6.21. The van der Waals surface area contributed by atoms with Gasteiger partial charge >= 0.3 is 0 Å². The average Bonchev–Trinajstić information content (AvgIpc) is 3.13. The third-order valence-corrected chi connectivity index (χ3v) is 5.57. The van der Waals surface area contributed by atoms with E-state index in [9.17, 15) is 9.18 Å². The lowest BCUT2D eigenvalue weighted by molar-refractivity contribution is -0.113. The number of halogens is 1. The van der Waals surface area contributed by atoms with Crippen molar-refractivity contribution in [1.82, 2.24) is 9.55 Å². The third-order valence-electron chi connectivity index (χ3n) is 5.57. The molecule has 0 aliphatic carbocycles. The SMILES string of the molecule is CC1=C(C(=O)Nc2ccc(F)cc2)C(c2ccc(C)cc2)n2c(nc3ccccc32)N1. The van der Waals surface area contributed by atoms with Gasteiger partial charge in [0.05, 0.1) is 22.6 Å². The Morgan fingerprint density at radius 1 is 1.00 bits per heavy atom. The summed E-state index contributed by atoms with van der Waals surface area (Å²) < 4.78 is 15.4. The molecule has 5 nitrogen and oxygen atoms in total. The molecule has 5 rings (SSSR count). The van der Waals surface area contributed by atoms with Crippen LogP contribution in [0.3, 0.4) is 0 Å². The van der Waals surface area contributed by atoms with E-state index >= 15 is 0 Å². The molecule has 2 N–H and O–H groups in total. The molecule has 1 aromatic heterocycles. The number of hydrogen-bond donors (Lipinski definition) is 2. The van der Waals surface area contributed by atoms with Crippen molar-refractivity contribution in [2.24, 2.45) is 0 Å². The van der Waals surface area contributed by atoms with Crippen molar-refractivity contribution in [1.29, 1.82) is 0 Å². The largest absolute Gasteiger partial charge is 0.329 e. The van der Waals surface area contributed by atoms with Crippen molar-refractivity contribution < 1.29 is 9.18 Å². The number of anilines is 2. The van der Waals surface area contributed by atoms with E-state index in [1.54, 1.807) is 12.1 Å². The highest BCUT2D eigenvalue weighted by molar-refractivity contribution is 6.06. The number of carbonyl (C=O) groups is 1. The molecule has 0 spiro atoms. The molecule has 154 valence electrons. The van der Waals surface area contributed by atoms with Gasteiger partial charge in [0.15, 0.2) is 0 Å². The van der Waals surface area contributed by atoms with Gasteiger partial charge in [-0.1, -0.05) is 42.0 Å². The summed E-state index contributed by atoms with van der Waals surface area (Å²) in [6, 6.07) is 21.5. The molecule has 1 atom stereocenters. The zero-order chi connectivity index (χ0) is 21.5. The van der Waals surface area contributed by atoms with Gasteiger partial charge in [-0.3, -0.25) is 9.36 Å². The number of allylic oxidation sites excluding steroid dienone is 1. The van der Waals surface area contributed by atoms with E-state index < -0.39 is 0 Å². The number of benzene rings is 3. The summed E-state index contributed by atoms with van der Waals surface area (Å²) in [4.78, 5) is 18.2. The van der Waals surface area contributed by atoms with Crippen molar-refractivity contribution in [3.05, 3.63) is 101 Å². The first kappa shape index (κ1) is 19.1. The number of imidazole rings is 1. The number of fused-ring (bicyclic) bond motifs is 3. The minimum atomic E-state index is -0.357. The maximum absolute atomic E-state index is 13.4. The number of carbonyl (C=O) groups excluding carboxylic acids is 1.